The minimum Gasteiger partial charge on any atom is -0.466 e. The Hall–Kier alpha value is -3.69. The Morgan fingerprint density at radius 1 is 1.02 bits per heavy atom. The monoisotopic (exact) mass is 563 g/mol. The van der Waals surface area contributed by atoms with Crippen molar-refractivity contribution in [2.24, 2.45) is 5.92 Å². The first-order valence-electron chi connectivity index (χ1n) is 13.7. The Morgan fingerprint density at radius 3 is 2.42 bits per heavy atom. The predicted octanol–water partition coefficient (Wildman–Crippen LogP) is 5.08. The maximum Gasteiger partial charge on any atom is 0.310 e. The van der Waals surface area contributed by atoms with Gasteiger partial charge in [-0.1, -0.05) is 60.7 Å². The number of piperidine rings is 1. The van der Waals surface area contributed by atoms with Crippen molar-refractivity contribution in [2.75, 3.05) is 29.9 Å². The molecule has 40 heavy (non-hydrogen) atoms. The zero-order valence-electron chi connectivity index (χ0n) is 23.0. The molecule has 0 radical (unpaired) electrons. The fraction of sp³-hybridized carbons (Fsp3) is 0.355. The van der Waals surface area contributed by atoms with Crippen molar-refractivity contribution in [3.05, 3.63) is 90.0 Å². The van der Waals surface area contributed by atoms with E-state index in [1.165, 1.54) is 6.07 Å². The van der Waals surface area contributed by atoms with E-state index >= 15 is 0 Å². The zero-order valence-corrected chi connectivity index (χ0v) is 23.8. The molecule has 1 saturated heterocycles. The molecular formula is C31H37N3O5S. The van der Waals surface area contributed by atoms with Gasteiger partial charge in [-0.05, 0) is 62.4 Å². The molecule has 3 aromatic rings. The van der Waals surface area contributed by atoms with Crippen LogP contribution < -0.4 is 14.9 Å². The van der Waals surface area contributed by atoms with Gasteiger partial charge in [0.15, 0.2) is 0 Å². The van der Waals surface area contributed by atoms with Gasteiger partial charge in [-0.25, -0.2) is 13.1 Å². The third-order valence-corrected chi connectivity index (χ3v) is 8.60. The van der Waals surface area contributed by atoms with E-state index in [0.29, 0.717) is 43.9 Å². The highest BCUT2D eigenvalue weighted by Gasteiger charge is 2.31. The van der Waals surface area contributed by atoms with Gasteiger partial charge >= 0.3 is 5.97 Å². The third-order valence-electron chi connectivity index (χ3n) is 7.03. The summed E-state index contributed by atoms with van der Waals surface area (Å²) in [5, 5.41) is 2.86. The average molecular weight is 564 g/mol. The summed E-state index contributed by atoms with van der Waals surface area (Å²) in [6, 6.07) is 23.5. The van der Waals surface area contributed by atoms with Crippen LogP contribution in [0.15, 0.2) is 83.8 Å². The molecule has 0 bridgehead atoms. The number of nitrogens with one attached hydrogen (secondary N) is 2. The van der Waals surface area contributed by atoms with E-state index in [1.807, 2.05) is 65.6 Å². The van der Waals surface area contributed by atoms with Gasteiger partial charge in [0.05, 0.1) is 18.2 Å². The molecule has 4 rings (SSSR count). The van der Waals surface area contributed by atoms with Gasteiger partial charge in [0, 0.05) is 31.2 Å². The molecule has 2 atom stereocenters. The molecule has 3 aromatic carbocycles. The number of hydrogen-bond donors (Lipinski definition) is 2. The molecule has 1 heterocycles. The van der Waals surface area contributed by atoms with Crippen LogP contribution in [-0.4, -0.2) is 40.0 Å². The van der Waals surface area contributed by atoms with Gasteiger partial charge in [-0.3, -0.25) is 9.59 Å². The number of hydrogen-bond acceptors (Lipinski definition) is 6. The second-order valence-corrected chi connectivity index (χ2v) is 11.7. The van der Waals surface area contributed by atoms with Crippen LogP contribution >= 0.6 is 0 Å². The third kappa shape index (κ3) is 7.70. The van der Waals surface area contributed by atoms with Gasteiger partial charge < -0.3 is 15.0 Å². The van der Waals surface area contributed by atoms with Crippen molar-refractivity contribution < 1.29 is 22.7 Å². The SMILES string of the molecule is CCOC(=O)[C@@H]1CCCN(c2ccc(NC(=O)CCc3ccccc3)cc2S(=O)(=O)N[C@H](C)c2ccccc2)C1. The lowest BCUT2D eigenvalue weighted by atomic mass is 9.97. The molecule has 1 aliphatic rings. The number of rotatable bonds is 11. The fourth-order valence-electron chi connectivity index (χ4n) is 4.95. The summed E-state index contributed by atoms with van der Waals surface area (Å²) in [6.07, 6.45) is 2.27. The van der Waals surface area contributed by atoms with E-state index in [2.05, 4.69) is 10.0 Å². The van der Waals surface area contributed by atoms with Crippen LogP contribution in [0.1, 0.15) is 50.3 Å². The van der Waals surface area contributed by atoms with Gasteiger partial charge in [-0.15, -0.1) is 0 Å². The summed E-state index contributed by atoms with van der Waals surface area (Å²) in [6.45, 7) is 4.83. The quantitative estimate of drug-likeness (QED) is 0.316. The van der Waals surface area contributed by atoms with Crippen LogP contribution in [0.4, 0.5) is 11.4 Å². The molecule has 1 aliphatic heterocycles. The van der Waals surface area contributed by atoms with Crippen LogP contribution in [-0.2, 0) is 30.8 Å². The Labute approximate surface area is 236 Å². The number of carbonyl (C=O) groups excluding carboxylic acids is 2. The van der Waals surface area contributed by atoms with E-state index in [9.17, 15) is 18.0 Å². The maximum atomic E-state index is 13.8. The van der Waals surface area contributed by atoms with Gasteiger partial charge in [0.2, 0.25) is 15.9 Å². The molecule has 2 N–H and O–H groups in total. The highest BCUT2D eigenvalue weighted by molar-refractivity contribution is 7.89. The average Bonchev–Trinajstić information content (AvgIpc) is 2.97. The second kappa shape index (κ2) is 13.6. The lowest BCUT2D eigenvalue weighted by Crippen LogP contribution is -2.40. The van der Waals surface area contributed by atoms with Crippen molar-refractivity contribution in [2.45, 2.75) is 50.5 Å². The first-order valence-corrected chi connectivity index (χ1v) is 15.2. The van der Waals surface area contributed by atoms with E-state index < -0.39 is 16.1 Å². The van der Waals surface area contributed by atoms with Crippen LogP contribution in [0.2, 0.25) is 0 Å². The van der Waals surface area contributed by atoms with E-state index in [0.717, 1.165) is 17.5 Å². The number of nitrogens with zero attached hydrogens (tertiary/aromatic N) is 1. The van der Waals surface area contributed by atoms with Gasteiger partial charge in [0.1, 0.15) is 4.90 Å². The topological polar surface area (TPSA) is 105 Å². The normalized spacial score (nSPS) is 16.2. The molecule has 8 nitrogen and oxygen atoms in total. The van der Waals surface area contributed by atoms with Crippen LogP contribution in [0.5, 0.6) is 0 Å². The lowest BCUT2D eigenvalue weighted by molar-refractivity contribution is -0.148. The number of esters is 1. The summed E-state index contributed by atoms with van der Waals surface area (Å²) < 4.78 is 35.6. The predicted molar refractivity (Wildman–Crippen MR) is 157 cm³/mol. The summed E-state index contributed by atoms with van der Waals surface area (Å²) in [7, 11) is -4.01. The summed E-state index contributed by atoms with van der Waals surface area (Å²) in [5.41, 5.74) is 2.77. The van der Waals surface area contributed by atoms with Crippen molar-refractivity contribution in [1.29, 1.82) is 0 Å². The largest absolute Gasteiger partial charge is 0.466 e. The summed E-state index contributed by atoms with van der Waals surface area (Å²) >= 11 is 0. The first-order chi connectivity index (χ1) is 19.3. The molecule has 0 unspecified atom stereocenters. The lowest BCUT2D eigenvalue weighted by Gasteiger charge is -2.34. The Bertz CT molecular complexity index is 1400. The number of benzene rings is 3. The fourth-order valence-corrected chi connectivity index (χ4v) is 6.43. The maximum absolute atomic E-state index is 13.8. The molecule has 0 spiro atoms. The molecule has 1 amide bonds. The molecule has 212 valence electrons. The van der Waals surface area contributed by atoms with Crippen LogP contribution in [0, 0.1) is 5.92 Å². The van der Waals surface area contributed by atoms with E-state index in [4.69, 9.17) is 4.74 Å². The minimum absolute atomic E-state index is 0.0562. The van der Waals surface area contributed by atoms with Crippen LogP contribution in [0.25, 0.3) is 0 Å². The Morgan fingerprint density at radius 2 is 1.73 bits per heavy atom. The molecule has 9 heteroatoms. The standard InChI is InChI=1S/C31H37N3O5S/c1-3-39-31(36)26-15-10-20-34(22-26)28-18-17-27(32-30(35)19-16-24-11-6-4-7-12-24)21-29(28)40(37,38)33-23(2)25-13-8-5-9-14-25/h4-9,11-14,17-18,21,23,26,33H,3,10,15-16,19-20,22H2,1-2H3,(H,32,35)/t23-,26-/m1/s1. The van der Waals surface area contributed by atoms with E-state index in [1.54, 1.807) is 26.0 Å². The summed E-state index contributed by atoms with van der Waals surface area (Å²) in [5.74, 6) is -0.807. The van der Waals surface area contributed by atoms with Gasteiger partial charge in [-0.2, -0.15) is 0 Å². The summed E-state index contributed by atoms with van der Waals surface area (Å²) in [4.78, 5) is 27.2. The number of anilines is 2. The first kappa shape index (κ1) is 29.3. The van der Waals surface area contributed by atoms with E-state index in [-0.39, 0.29) is 29.1 Å². The van der Waals surface area contributed by atoms with Crippen LogP contribution in [0.3, 0.4) is 0 Å². The number of sulfonamides is 1. The zero-order chi connectivity index (χ0) is 28.5. The molecule has 1 fully saturated rings. The minimum atomic E-state index is -4.01. The number of amides is 1. The Kier molecular flexibility index (Phi) is 9.95. The molecular weight excluding hydrogens is 526 g/mol. The van der Waals surface area contributed by atoms with Crippen molar-refractivity contribution in [1.82, 2.24) is 4.72 Å². The Balaban J connectivity index is 1.60. The molecule has 0 aliphatic carbocycles. The highest BCUT2D eigenvalue weighted by Crippen LogP contribution is 2.33. The second-order valence-electron chi connectivity index (χ2n) is 10.0. The molecule has 0 saturated carbocycles. The number of ether oxygens (including phenoxy) is 1. The van der Waals surface area contributed by atoms with Gasteiger partial charge in [0.25, 0.3) is 0 Å². The van der Waals surface area contributed by atoms with Crippen molar-refractivity contribution >= 4 is 33.3 Å². The number of aryl methyl sites for hydroxylation is 1. The van der Waals surface area contributed by atoms with Crippen molar-refractivity contribution in [3.8, 4) is 0 Å². The number of carbonyl (C=O) groups is 2. The van der Waals surface area contributed by atoms with Crippen molar-refractivity contribution in [3.63, 3.8) is 0 Å². The highest BCUT2D eigenvalue weighted by atomic mass is 32.2. The molecule has 0 aromatic heterocycles. The smallest absolute Gasteiger partial charge is 0.310 e.